The highest BCUT2D eigenvalue weighted by Crippen LogP contribution is 2.49. The smallest absolute Gasteiger partial charge is 0.253 e. The Hall–Kier alpha value is -1.36. The molecule has 2 bridgehead atoms. The van der Waals surface area contributed by atoms with Crippen LogP contribution in [0.2, 0.25) is 0 Å². The molecule has 3 aliphatic rings. The molecule has 2 amide bonds. The minimum Gasteiger partial charge on any atom is -0.353 e. The van der Waals surface area contributed by atoms with Gasteiger partial charge in [-0.15, -0.1) is 0 Å². The molecule has 1 heterocycles. The number of fused-ring (bicyclic) bond motifs is 2. The molecule has 4 atom stereocenters. The molecule has 1 N–H and O–H groups in total. The van der Waals surface area contributed by atoms with Crippen LogP contribution in [-0.2, 0) is 4.79 Å². The molecule has 4 rings (SSSR count). The fourth-order valence-corrected chi connectivity index (χ4v) is 5.74. The van der Waals surface area contributed by atoms with E-state index in [1.807, 2.05) is 29.2 Å². The minimum absolute atomic E-state index is 0.0417. The fourth-order valence-electron chi connectivity index (χ4n) is 5.48. The van der Waals surface area contributed by atoms with Crippen molar-refractivity contribution in [3.05, 3.63) is 34.3 Å². The van der Waals surface area contributed by atoms with E-state index < -0.39 is 0 Å². The summed E-state index contributed by atoms with van der Waals surface area (Å²) in [6.07, 6.45) is 6.95. The van der Waals surface area contributed by atoms with Gasteiger partial charge in [0, 0.05) is 35.1 Å². The lowest BCUT2D eigenvalue weighted by Crippen LogP contribution is -2.47. The molecule has 1 aromatic rings. The highest BCUT2D eigenvalue weighted by molar-refractivity contribution is 9.10. The van der Waals surface area contributed by atoms with Crippen LogP contribution < -0.4 is 5.32 Å². The molecule has 3 fully saturated rings. The molecule has 2 aliphatic carbocycles. The van der Waals surface area contributed by atoms with Crippen molar-refractivity contribution >= 4 is 27.7 Å². The molecule has 146 valence electrons. The molecule has 0 aromatic heterocycles. The summed E-state index contributed by atoms with van der Waals surface area (Å²) in [6, 6.07) is 7.77. The zero-order chi connectivity index (χ0) is 19.0. The molecule has 2 saturated carbocycles. The quantitative estimate of drug-likeness (QED) is 0.772. The second kappa shape index (κ2) is 7.94. The SMILES string of the molecule is C[C@H](NC(=O)C1CCN(C(=O)c2ccc(Br)cc2)CC1)[C@H]1C[C@H]2CC[C@H]1C2. The Kier molecular flexibility index (Phi) is 5.58. The van der Waals surface area contributed by atoms with Crippen LogP contribution in [-0.4, -0.2) is 35.8 Å². The summed E-state index contributed by atoms with van der Waals surface area (Å²) in [6.45, 7) is 3.51. The number of likely N-dealkylation sites (tertiary alicyclic amines) is 1. The van der Waals surface area contributed by atoms with Gasteiger partial charge in [-0.25, -0.2) is 0 Å². The third kappa shape index (κ3) is 4.08. The number of carbonyl (C=O) groups excluding carboxylic acids is 2. The van der Waals surface area contributed by atoms with Crippen molar-refractivity contribution in [1.82, 2.24) is 10.2 Å². The van der Waals surface area contributed by atoms with E-state index in [-0.39, 0.29) is 23.8 Å². The number of nitrogens with one attached hydrogen (secondary N) is 1. The first kappa shape index (κ1) is 19.0. The summed E-state index contributed by atoms with van der Waals surface area (Å²) in [5.41, 5.74) is 0.714. The maximum absolute atomic E-state index is 12.7. The highest BCUT2D eigenvalue weighted by atomic mass is 79.9. The Bertz CT molecular complexity index is 697. The zero-order valence-corrected chi connectivity index (χ0v) is 17.6. The van der Waals surface area contributed by atoms with E-state index >= 15 is 0 Å². The van der Waals surface area contributed by atoms with Gasteiger partial charge < -0.3 is 10.2 Å². The van der Waals surface area contributed by atoms with Crippen molar-refractivity contribution in [2.45, 2.75) is 51.5 Å². The number of halogens is 1. The number of carbonyl (C=O) groups is 2. The van der Waals surface area contributed by atoms with E-state index in [9.17, 15) is 9.59 Å². The summed E-state index contributed by atoms with van der Waals surface area (Å²) in [7, 11) is 0. The molecule has 5 heteroatoms. The van der Waals surface area contributed by atoms with Crippen LogP contribution in [0.4, 0.5) is 0 Å². The topological polar surface area (TPSA) is 49.4 Å². The summed E-state index contributed by atoms with van der Waals surface area (Å²) in [5, 5.41) is 3.31. The molecule has 1 saturated heterocycles. The summed E-state index contributed by atoms with van der Waals surface area (Å²) >= 11 is 3.40. The van der Waals surface area contributed by atoms with Gasteiger partial charge in [-0.1, -0.05) is 22.4 Å². The molecule has 1 aliphatic heterocycles. The van der Waals surface area contributed by atoms with Crippen LogP contribution in [0, 0.1) is 23.7 Å². The number of hydrogen-bond acceptors (Lipinski definition) is 2. The zero-order valence-electron chi connectivity index (χ0n) is 16.0. The molecule has 0 spiro atoms. The van der Waals surface area contributed by atoms with Gasteiger partial charge in [0.15, 0.2) is 0 Å². The Morgan fingerprint density at radius 3 is 2.37 bits per heavy atom. The Labute approximate surface area is 170 Å². The largest absolute Gasteiger partial charge is 0.353 e. The standard InChI is InChI=1S/C22H29BrN2O2/c1-14(20-13-15-2-3-18(20)12-15)24-21(26)16-8-10-25(11-9-16)22(27)17-4-6-19(23)7-5-17/h4-7,14-16,18,20H,2-3,8-13H2,1H3,(H,24,26)/t14-,15-,18-,20+/m0/s1. The van der Waals surface area contributed by atoms with Crippen LogP contribution in [0.15, 0.2) is 28.7 Å². The molecular formula is C22H29BrN2O2. The average Bonchev–Trinajstić information content (AvgIpc) is 3.32. The van der Waals surface area contributed by atoms with E-state index in [1.54, 1.807) is 0 Å². The minimum atomic E-state index is 0.0417. The van der Waals surface area contributed by atoms with Gasteiger partial charge >= 0.3 is 0 Å². The predicted molar refractivity (Wildman–Crippen MR) is 109 cm³/mol. The molecule has 4 nitrogen and oxygen atoms in total. The molecule has 0 unspecified atom stereocenters. The number of amides is 2. The van der Waals surface area contributed by atoms with E-state index in [2.05, 4.69) is 28.2 Å². The number of rotatable bonds is 4. The number of hydrogen-bond donors (Lipinski definition) is 1. The van der Waals surface area contributed by atoms with Gasteiger partial charge in [0.2, 0.25) is 5.91 Å². The Morgan fingerprint density at radius 2 is 1.78 bits per heavy atom. The summed E-state index contributed by atoms with van der Waals surface area (Å²) < 4.78 is 0.971. The number of piperidine rings is 1. The lowest BCUT2D eigenvalue weighted by Gasteiger charge is -2.34. The third-order valence-electron chi connectivity index (χ3n) is 7.05. The Morgan fingerprint density at radius 1 is 1.07 bits per heavy atom. The van der Waals surface area contributed by atoms with Crippen LogP contribution in [0.5, 0.6) is 0 Å². The van der Waals surface area contributed by atoms with Gasteiger partial charge in [0.05, 0.1) is 0 Å². The average molecular weight is 433 g/mol. The van der Waals surface area contributed by atoms with Crippen molar-refractivity contribution < 1.29 is 9.59 Å². The van der Waals surface area contributed by atoms with Gasteiger partial charge in [0.25, 0.3) is 5.91 Å². The molecule has 0 radical (unpaired) electrons. The summed E-state index contributed by atoms with van der Waals surface area (Å²) in [5.74, 6) is 2.72. The van der Waals surface area contributed by atoms with Gasteiger partial charge in [-0.2, -0.15) is 0 Å². The lowest BCUT2D eigenvalue weighted by atomic mass is 9.83. The first-order chi connectivity index (χ1) is 13.0. The second-order valence-electron chi connectivity index (χ2n) is 8.71. The maximum atomic E-state index is 12.7. The number of benzene rings is 1. The second-order valence-corrected chi connectivity index (χ2v) is 9.63. The lowest BCUT2D eigenvalue weighted by molar-refractivity contribution is -0.127. The number of nitrogens with zero attached hydrogens (tertiary/aromatic N) is 1. The van der Waals surface area contributed by atoms with Crippen LogP contribution in [0.1, 0.15) is 55.8 Å². The van der Waals surface area contributed by atoms with Crippen molar-refractivity contribution in [2.75, 3.05) is 13.1 Å². The van der Waals surface area contributed by atoms with Crippen LogP contribution in [0.25, 0.3) is 0 Å². The van der Waals surface area contributed by atoms with Crippen molar-refractivity contribution in [2.24, 2.45) is 23.7 Å². The van der Waals surface area contributed by atoms with Crippen LogP contribution >= 0.6 is 15.9 Å². The first-order valence-corrected chi connectivity index (χ1v) is 11.2. The summed E-state index contributed by atoms with van der Waals surface area (Å²) in [4.78, 5) is 27.2. The van der Waals surface area contributed by atoms with Crippen LogP contribution in [0.3, 0.4) is 0 Å². The first-order valence-electron chi connectivity index (χ1n) is 10.4. The predicted octanol–water partition coefficient (Wildman–Crippen LogP) is 4.24. The van der Waals surface area contributed by atoms with E-state index in [1.165, 1.54) is 25.7 Å². The van der Waals surface area contributed by atoms with Crippen molar-refractivity contribution in [1.29, 1.82) is 0 Å². The van der Waals surface area contributed by atoms with Gasteiger partial charge in [-0.3, -0.25) is 9.59 Å². The van der Waals surface area contributed by atoms with Crippen molar-refractivity contribution in [3.8, 4) is 0 Å². The van der Waals surface area contributed by atoms with Crippen molar-refractivity contribution in [3.63, 3.8) is 0 Å². The van der Waals surface area contributed by atoms with E-state index in [4.69, 9.17) is 0 Å². The van der Waals surface area contributed by atoms with E-state index in [0.717, 1.165) is 29.2 Å². The fraction of sp³-hybridized carbons (Fsp3) is 0.636. The normalized spacial score (nSPS) is 29.0. The van der Waals surface area contributed by atoms with Gasteiger partial charge in [-0.05, 0) is 81.0 Å². The van der Waals surface area contributed by atoms with E-state index in [0.29, 0.717) is 24.6 Å². The Balaban J connectivity index is 1.26. The highest BCUT2D eigenvalue weighted by Gasteiger charge is 2.42. The maximum Gasteiger partial charge on any atom is 0.253 e. The molecular weight excluding hydrogens is 404 g/mol. The van der Waals surface area contributed by atoms with Gasteiger partial charge in [0.1, 0.15) is 0 Å². The molecule has 1 aromatic carbocycles. The monoisotopic (exact) mass is 432 g/mol. The molecule has 27 heavy (non-hydrogen) atoms. The third-order valence-corrected chi connectivity index (χ3v) is 7.58.